The minimum Gasteiger partial charge on any atom is -0.493 e. The first-order chi connectivity index (χ1) is 14.1. The van der Waals surface area contributed by atoms with E-state index in [0.717, 1.165) is 39.5 Å². The summed E-state index contributed by atoms with van der Waals surface area (Å²) < 4.78 is 19.3. The number of rotatable bonds is 6. The number of benzene rings is 2. The fraction of sp³-hybridized carbons (Fsp3) is 0.217. The van der Waals surface area contributed by atoms with Gasteiger partial charge in [-0.3, -0.25) is 4.98 Å². The monoisotopic (exact) mass is 409 g/mol. The Kier molecular flexibility index (Phi) is 5.81. The van der Waals surface area contributed by atoms with E-state index >= 15 is 0 Å². The van der Waals surface area contributed by atoms with Gasteiger partial charge in [0.25, 0.3) is 0 Å². The first-order valence-corrected chi connectivity index (χ1v) is 10.3. The molecule has 0 unspecified atom stereocenters. The Morgan fingerprint density at radius 3 is 2.90 bits per heavy atom. The van der Waals surface area contributed by atoms with Crippen LogP contribution in [0.3, 0.4) is 0 Å². The number of halogens is 1. The molecule has 148 valence electrons. The zero-order chi connectivity index (χ0) is 20.2. The third-order valence-corrected chi connectivity index (χ3v) is 6.06. The van der Waals surface area contributed by atoms with Crippen molar-refractivity contribution in [2.45, 2.75) is 35.0 Å². The molecule has 3 aromatic rings. The number of carboxylic acids is 1. The van der Waals surface area contributed by atoms with Crippen molar-refractivity contribution >= 4 is 17.7 Å². The highest BCUT2D eigenvalue weighted by Crippen LogP contribution is 2.40. The maximum Gasteiger partial charge on any atom is 0.336 e. The average Bonchev–Trinajstić information content (AvgIpc) is 2.72. The van der Waals surface area contributed by atoms with Crippen LogP contribution >= 0.6 is 11.8 Å². The van der Waals surface area contributed by atoms with E-state index in [0.29, 0.717) is 24.5 Å². The summed E-state index contributed by atoms with van der Waals surface area (Å²) in [6.45, 7) is 0.630. The average molecular weight is 409 g/mol. The van der Waals surface area contributed by atoms with Gasteiger partial charge >= 0.3 is 5.97 Å². The number of carboxylic acid groups (broad SMARTS) is 1. The number of aryl methyl sites for hydroxylation is 1. The summed E-state index contributed by atoms with van der Waals surface area (Å²) in [7, 11) is 0. The molecular weight excluding hydrogens is 389 g/mol. The highest BCUT2D eigenvalue weighted by atomic mass is 32.2. The van der Waals surface area contributed by atoms with Crippen LogP contribution in [0.5, 0.6) is 5.75 Å². The van der Waals surface area contributed by atoms with E-state index in [1.807, 2.05) is 18.2 Å². The topological polar surface area (TPSA) is 59.4 Å². The molecule has 29 heavy (non-hydrogen) atoms. The summed E-state index contributed by atoms with van der Waals surface area (Å²) >= 11 is 1.50. The van der Waals surface area contributed by atoms with Crippen LogP contribution in [0.2, 0.25) is 0 Å². The Morgan fingerprint density at radius 1 is 1.21 bits per heavy atom. The summed E-state index contributed by atoms with van der Waals surface area (Å²) in [5.74, 6) is -0.0182. The van der Waals surface area contributed by atoms with Crippen LogP contribution in [-0.2, 0) is 6.42 Å². The number of hydrogen-bond donors (Lipinski definition) is 1. The van der Waals surface area contributed by atoms with Crippen molar-refractivity contribution < 1.29 is 19.0 Å². The zero-order valence-electron chi connectivity index (χ0n) is 15.7. The lowest BCUT2D eigenvalue weighted by Gasteiger charge is -2.26. The number of nitrogens with zero attached hydrogens (tertiary/aromatic N) is 1. The predicted molar refractivity (Wildman–Crippen MR) is 109 cm³/mol. The molecule has 1 aliphatic heterocycles. The first kappa shape index (κ1) is 19.5. The van der Waals surface area contributed by atoms with E-state index < -0.39 is 5.97 Å². The fourth-order valence-corrected chi connectivity index (χ4v) is 4.53. The van der Waals surface area contributed by atoms with E-state index in [4.69, 9.17) is 4.74 Å². The number of aromatic nitrogens is 1. The third kappa shape index (κ3) is 4.59. The molecule has 0 fully saturated rings. The molecule has 0 amide bonds. The molecule has 2 heterocycles. The molecule has 0 bridgehead atoms. The van der Waals surface area contributed by atoms with Crippen molar-refractivity contribution in [2.75, 3.05) is 6.61 Å². The van der Waals surface area contributed by atoms with Gasteiger partial charge in [0.1, 0.15) is 11.6 Å². The summed E-state index contributed by atoms with van der Waals surface area (Å²) in [6.07, 6.45) is 5.53. The van der Waals surface area contributed by atoms with Crippen LogP contribution in [0.15, 0.2) is 70.7 Å². The number of carbonyl (C=O) groups is 1. The molecule has 1 aromatic heterocycles. The van der Waals surface area contributed by atoms with E-state index in [1.54, 1.807) is 18.3 Å². The highest BCUT2D eigenvalue weighted by Gasteiger charge is 2.22. The maximum absolute atomic E-state index is 13.4. The quantitative estimate of drug-likeness (QED) is 0.577. The maximum atomic E-state index is 13.4. The molecule has 6 heteroatoms. The lowest BCUT2D eigenvalue weighted by atomic mass is 9.87. The van der Waals surface area contributed by atoms with E-state index in [2.05, 4.69) is 11.1 Å². The molecule has 1 aliphatic rings. The molecule has 2 aromatic carbocycles. The van der Waals surface area contributed by atoms with Crippen LogP contribution in [-0.4, -0.2) is 22.7 Å². The van der Waals surface area contributed by atoms with Crippen molar-refractivity contribution in [1.29, 1.82) is 0 Å². The molecule has 0 radical (unpaired) electrons. The second-order valence-electron chi connectivity index (χ2n) is 6.97. The van der Waals surface area contributed by atoms with Gasteiger partial charge in [0.05, 0.1) is 12.2 Å². The van der Waals surface area contributed by atoms with Gasteiger partial charge in [-0.05, 0) is 72.7 Å². The van der Waals surface area contributed by atoms with E-state index in [1.165, 1.54) is 30.1 Å². The zero-order valence-corrected chi connectivity index (χ0v) is 16.5. The van der Waals surface area contributed by atoms with Crippen molar-refractivity contribution in [3.05, 3.63) is 83.4 Å². The second-order valence-corrected chi connectivity index (χ2v) is 8.12. The Labute approximate surface area is 172 Å². The largest absolute Gasteiger partial charge is 0.493 e. The summed E-state index contributed by atoms with van der Waals surface area (Å²) in [5.41, 5.74) is 2.21. The number of aromatic carboxylic acids is 1. The fourth-order valence-electron chi connectivity index (χ4n) is 3.64. The molecular formula is C23H20FNO3S. The van der Waals surface area contributed by atoms with Gasteiger partial charge in [0.15, 0.2) is 0 Å². The lowest BCUT2D eigenvalue weighted by molar-refractivity contribution is 0.0695. The lowest BCUT2D eigenvalue weighted by Crippen LogP contribution is -2.15. The Bertz CT molecular complexity index is 1040. The van der Waals surface area contributed by atoms with E-state index in [-0.39, 0.29) is 5.82 Å². The number of fused-ring (bicyclic) bond motifs is 1. The minimum atomic E-state index is -0.922. The number of ether oxygens (including phenoxy) is 1. The second kappa shape index (κ2) is 8.66. The number of hydrogen-bond acceptors (Lipinski definition) is 4. The standard InChI is InChI=1S/C23H20FNO3S/c24-17-2-1-3-18(12-17)29-19-6-7-20-15(9-11-28-22(20)13-19)4-5-16-14-25-10-8-21(16)23(26)27/h1-3,6-8,10,12-15H,4-5,9,11H2,(H,26,27)/t15-/m0/s1. The van der Waals surface area contributed by atoms with Crippen molar-refractivity contribution in [1.82, 2.24) is 4.98 Å². The molecule has 0 spiro atoms. The molecule has 0 aliphatic carbocycles. The summed E-state index contributed by atoms with van der Waals surface area (Å²) in [4.78, 5) is 17.3. The Morgan fingerprint density at radius 2 is 2.07 bits per heavy atom. The Balaban J connectivity index is 1.49. The van der Waals surface area contributed by atoms with E-state index in [9.17, 15) is 14.3 Å². The van der Waals surface area contributed by atoms with Crippen LogP contribution in [0.25, 0.3) is 0 Å². The molecule has 0 saturated heterocycles. The van der Waals surface area contributed by atoms with Crippen molar-refractivity contribution in [2.24, 2.45) is 0 Å². The summed E-state index contributed by atoms with van der Waals surface area (Å²) in [5, 5.41) is 9.36. The minimum absolute atomic E-state index is 0.250. The van der Waals surface area contributed by atoms with Crippen molar-refractivity contribution in [3.8, 4) is 5.75 Å². The molecule has 1 N–H and O–H groups in total. The third-order valence-electron chi connectivity index (χ3n) is 5.08. The van der Waals surface area contributed by atoms with Gasteiger partial charge in [-0.2, -0.15) is 0 Å². The SMILES string of the molecule is O=C(O)c1ccncc1CC[C@H]1CCOc2cc(Sc3cccc(F)c3)ccc21. The van der Waals surface area contributed by atoms with Gasteiger partial charge in [0.2, 0.25) is 0 Å². The number of pyridine rings is 1. The smallest absolute Gasteiger partial charge is 0.336 e. The van der Waals surface area contributed by atoms with Crippen LogP contribution in [0, 0.1) is 5.82 Å². The summed E-state index contributed by atoms with van der Waals surface area (Å²) in [6, 6.07) is 14.2. The predicted octanol–water partition coefficient (Wildman–Crippen LogP) is 5.57. The first-order valence-electron chi connectivity index (χ1n) is 9.46. The van der Waals surface area contributed by atoms with Crippen LogP contribution in [0.1, 0.15) is 40.2 Å². The molecule has 0 saturated carbocycles. The van der Waals surface area contributed by atoms with Crippen molar-refractivity contribution in [3.63, 3.8) is 0 Å². The van der Waals surface area contributed by atoms with Crippen LogP contribution in [0.4, 0.5) is 4.39 Å². The Hall–Kier alpha value is -2.86. The molecule has 4 rings (SSSR count). The van der Waals surface area contributed by atoms with Gasteiger partial charge in [-0.15, -0.1) is 0 Å². The van der Waals surface area contributed by atoms with Gasteiger partial charge in [-0.25, -0.2) is 9.18 Å². The van der Waals surface area contributed by atoms with Gasteiger partial charge < -0.3 is 9.84 Å². The van der Waals surface area contributed by atoms with Gasteiger partial charge in [0, 0.05) is 22.2 Å². The van der Waals surface area contributed by atoms with Crippen LogP contribution < -0.4 is 4.74 Å². The molecule has 4 nitrogen and oxygen atoms in total. The molecule has 1 atom stereocenters. The highest BCUT2D eigenvalue weighted by molar-refractivity contribution is 7.99. The normalized spacial score (nSPS) is 15.4. The van der Waals surface area contributed by atoms with Gasteiger partial charge in [-0.1, -0.05) is 23.9 Å².